The Morgan fingerprint density at radius 3 is 2.81 bits per heavy atom. The van der Waals surface area contributed by atoms with Crippen LogP contribution in [0.15, 0.2) is 36.7 Å². The maximum Gasteiger partial charge on any atom is 0.407 e. The summed E-state index contributed by atoms with van der Waals surface area (Å²) in [5.74, 6) is 1.03. The molecule has 0 spiro atoms. The van der Waals surface area contributed by atoms with Gasteiger partial charge in [0.15, 0.2) is 5.82 Å². The third kappa shape index (κ3) is 3.35. The fraction of sp³-hybridized carbons (Fsp3) is 0.278. The molecule has 0 atom stereocenters. The highest BCUT2D eigenvalue weighted by atomic mass is 35.5. The normalized spacial score (nSPS) is 15.2. The molecule has 0 aliphatic carbocycles. The van der Waals surface area contributed by atoms with Gasteiger partial charge in [0, 0.05) is 36.4 Å². The molecule has 2 aromatic heterocycles. The van der Waals surface area contributed by atoms with Crippen LogP contribution in [0, 0.1) is 0 Å². The first-order valence-corrected chi connectivity index (χ1v) is 9.03. The summed E-state index contributed by atoms with van der Waals surface area (Å²) in [5.41, 5.74) is 7.64. The molecule has 4 N–H and O–H groups in total. The van der Waals surface area contributed by atoms with Gasteiger partial charge in [-0.25, -0.2) is 9.78 Å². The lowest BCUT2D eigenvalue weighted by Gasteiger charge is -2.30. The van der Waals surface area contributed by atoms with Crippen LogP contribution in [-0.2, 0) is 0 Å². The average molecular weight is 387 g/mol. The number of amides is 1. The van der Waals surface area contributed by atoms with Crippen molar-refractivity contribution in [2.45, 2.75) is 18.9 Å². The number of nitrogen functional groups attached to an aromatic ring is 1. The highest BCUT2D eigenvalue weighted by molar-refractivity contribution is 6.32. The quantitative estimate of drug-likeness (QED) is 0.596. The fourth-order valence-corrected chi connectivity index (χ4v) is 3.55. The number of nitrogens with two attached hydrogens (primary N) is 1. The van der Waals surface area contributed by atoms with Crippen molar-refractivity contribution in [2.24, 2.45) is 0 Å². The number of anilines is 2. The van der Waals surface area contributed by atoms with E-state index in [9.17, 15) is 4.79 Å². The number of hydrogen-bond donors (Lipinski definition) is 3. The lowest BCUT2D eigenvalue weighted by molar-refractivity contribution is 0.133. The zero-order chi connectivity index (χ0) is 19.0. The van der Waals surface area contributed by atoms with E-state index in [1.54, 1.807) is 6.20 Å². The van der Waals surface area contributed by atoms with Gasteiger partial charge in [-0.2, -0.15) is 4.98 Å². The summed E-state index contributed by atoms with van der Waals surface area (Å²) in [5, 5.41) is 13.7. The molecule has 140 valence electrons. The molecule has 1 aromatic carbocycles. The summed E-state index contributed by atoms with van der Waals surface area (Å²) in [6, 6.07) is 7.74. The number of benzene rings is 1. The number of nitrogens with zero attached hydrogens (tertiary/aromatic N) is 4. The first kappa shape index (κ1) is 17.4. The van der Waals surface area contributed by atoms with Gasteiger partial charge in [-0.15, -0.1) is 0 Å². The van der Waals surface area contributed by atoms with Gasteiger partial charge >= 0.3 is 6.09 Å². The molecule has 1 saturated heterocycles. The van der Waals surface area contributed by atoms with Crippen molar-refractivity contribution in [3.63, 3.8) is 0 Å². The van der Waals surface area contributed by atoms with Crippen LogP contribution in [0.4, 0.5) is 16.4 Å². The zero-order valence-electron chi connectivity index (χ0n) is 14.5. The molecule has 1 fully saturated rings. The topological polar surface area (TPSA) is 109 Å². The molecule has 0 radical (unpaired) electrons. The van der Waals surface area contributed by atoms with Gasteiger partial charge in [0.05, 0.1) is 11.7 Å². The van der Waals surface area contributed by atoms with Crippen molar-refractivity contribution in [1.82, 2.24) is 19.4 Å². The first-order chi connectivity index (χ1) is 13.0. The minimum absolute atomic E-state index is 0.117. The van der Waals surface area contributed by atoms with Gasteiger partial charge in [-0.1, -0.05) is 17.7 Å². The Balaban J connectivity index is 1.59. The van der Waals surface area contributed by atoms with Gasteiger partial charge in [-0.05, 0) is 31.0 Å². The average Bonchev–Trinajstić information content (AvgIpc) is 3.09. The summed E-state index contributed by atoms with van der Waals surface area (Å²) < 4.78 is 1.88. The Kier molecular flexibility index (Phi) is 4.49. The number of hydrogen-bond acceptors (Lipinski definition) is 5. The Morgan fingerprint density at radius 2 is 2.07 bits per heavy atom. The van der Waals surface area contributed by atoms with E-state index < -0.39 is 6.09 Å². The van der Waals surface area contributed by atoms with E-state index in [0.717, 1.165) is 10.9 Å². The Labute approximate surface area is 160 Å². The number of aromatic nitrogens is 3. The van der Waals surface area contributed by atoms with Gasteiger partial charge < -0.3 is 21.1 Å². The van der Waals surface area contributed by atoms with Gasteiger partial charge in [0.1, 0.15) is 5.02 Å². The maximum absolute atomic E-state index is 11.0. The molecular weight excluding hydrogens is 368 g/mol. The van der Waals surface area contributed by atoms with Crippen LogP contribution < -0.4 is 11.1 Å². The molecule has 0 unspecified atom stereocenters. The van der Waals surface area contributed by atoms with Gasteiger partial charge in [0.2, 0.25) is 5.95 Å². The second-order valence-electron chi connectivity index (χ2n) is 6.52. The van der Waals surface area contributed by atoms with E-state index in [1.165, 1.54) is 4.90 Å². The molecule has 1 aliphatic rings. The second kappa shape index (κ2) is 6.96. The van der Waals surface area contributed by atoms with Crippen LogP contribution in [0.5, 0.6) is 0 Å². The largest absolute Gasteiger partial charge is 0.465 e. The second-order valence-corrected chi connectivity index (χ2v) is 6.93. The molecule has 8 nitrogen and oxygen atoms in total. The number of fused-ring (bicyclic) bond motifs is 1. The molecule has 0 bridgehead atoms. The summed E-state index contributed by atoms with van der Waals surface area (Å²) in [6.45, 7) is 0.990. The summed E-state index contributed by atoms with van der Waals surface area (Å²) >= 11 is 6.35. The van der Waals surface area contributed by atoms with Crippen molar-refractivity contribution in [2.75, 3.05) is 24.1 Å². The number of nitrogens with one attached hydrogen (secondary N) is 1. The van der Waals surface area contributed by atoms with Gasteiger partial charge in [-0.3, -0.25) is 4.57 Å². The minimum atomic E-state index is -0.878. The SMILES string of the molecule is Nc1cccc2c1ccn2-c1nc(NC2CCN(C(=O)O)CC2)ncc1Cl. The molecule has 1 aliphatic heterocycles. The monoisotopic (exact) mass is 386 g/mol. The molecule has 4 rings (SSSR count). The zero-order valence-corrected chi connectivity index (χ0v) is 15.2. The van der Waals surface area contributed by atoms with Crippen molar-refractivity contribution in [3.05, 3.63) is 41.7 Å². The predicted molar refractivity (Wildman–Crippen MR) is 105 cm³/mol. The van der Waals surface area contributed by atoms with Crippen LogP contribution in [-0.4, -0.2) is 49.8 Å². The first-order valence-electron chi connectivity index (χ1n) is 8.66. The lowest BCUT2D eigenvalue weighted by atomic mass is 10.1. The van der Waals surface area contributed by atoms with Crippen molar-refractivity contribution in [3.8, 4) is 5.82 Å². The van der Waals surface area contributed by atoms with Crippen LogP contribution in [0.3, 0.4) is 0 Å². The lowest BCUT2D eigenvalue weighted by Crippen LogP contribution is -2.41. The van der Waals surface area contributed by atoms with Crippen LogP contribution >= 0.6 is 11.6 Å². The van der Waals surface area contributed by atoms with E-state index in [-0.39, 0.29) is 6.04 Å². The Morgan fingerprint density at radius 1 is 1.30 bits per heavy atom. The fourth-order valence-electron chi connectivity index (χ4n) is 3.37. The molecule has 1 amide bonds. The number of carbonyl (C=O) groups is 1. The van der Waals surface area contributed by atoms with Crippen molar-refractivity contribution < 1.29 is 9.90 Å². The van der Waals surface area contributed by atoms with Gasteiger partial charge in [0.25, 0.3) is 0 Å². The number of rotatable bonds is 3. The third-order valence-corrected chi connectivity index (χ3v) is 5.09. The molecule has 3 aromatic rings. The van der Waals surface area contributed by atoms with E-state index in [1.807, 2.05) is 35.0 Å². The number of likely N-dealkylation sites (tertiary alicyclic amines) is 1. The maximum atomic E-state index is 11.0. The highest BCUT2D eigenvalue weighted by Gasteiger charge is 2.23. The summed E-state index contributed by atoms with van der Waals surface area (Å²) in [7, 11) is 0. The molecular formula is C18H19ClN6O2. The van der Waals surface area contributed by atoms with Crippen molar-refractivity contribution >= 4 is 40.2 Å². The number of halogens is 1. The van der Waals surface area contributed by atoms with E-state index in [2.05, 4.69) is 15.3 Å². The van der Waals surface area contributed by atoms with Crippen LogP contribution in [0.25, 0.3) is 16.7 Å². The molecule has 3 heterocycles. The summed E-state index contributed by atoms with van der Waals surface area (Å²) in [4.78, 5) is 21.3. The minimum Gasteiger partial charge on any atom is -0.465 e. The van der Waals surface area contributed by atoms with E-state index in [0.29, 0.717) is 48.4 Å². The highest BCUT2D eigenvalue weighted by Crippen LogP contribution is 2.28. The number of carboxylic acid groups (broad SMARTS) is 1. The predicted octanol–water partition coefficient (Wildman–Crippen LogP) is 3.21. The van der Waals surface area contributed by atoms with E-state index >= 15 is 0 Å². The third-order valence-electron chi connectivity index (χ3n) is 4.82. The number of piperidine rings is 1. The Hall–Kier alpha value is -3.00. The molecule has 27 heavy (non-hydrogen) atoms. The molecule has 0 saturated carbocycles. The van der Waals surface area contributed by atoms with Crippen molar-refractivity contribution in [1.29, 1.82) is 0 Å². The Bertz CT molecular complexity index is 997. The molecule has 9 heteroatoms. The standard InChI is InChI=1S/C18H19ClN6O2/c19-13-10-21-17(22-11-4-7-24(8-5-11)18(26)27)23-16(13)25-9-6-12-14(20)2-1-3-15(12)25/h1-3,6,9-11H,4-5,7-8,20H2,(H,26,27)(H,21,22,23). The van der Waals surface area contributed by atoms with Crippen LogP contribution in [0.2, 0.25) is 5.02 Å². The smallest absolute Gasteiger partial charge is 0.407 e. The van der Waals surface area contributed by atoms with Crippen LogP contribution in [0.1, 0.15) is 12.8 Å². The van der Waals surface area contributed by atoms with E-state index in [4.69, 9.17) is 22.4 Å². The summed E-state index contributed by atoms with van der Waals surface area (Å²) in [6.07, 6.45) is 3.98.